The average Bonchev–Trinajstić information content (AvgIpc) is 3.38. The monoisotopic (exact) mass is 530 g/mol. The minimum absolute atomic E-state index is 0.00810. The van der Waals surface area contributed by atoms with E-state index in [2.05, 4.69) is 5.32 Å². The SMILES string of the molecule is CC(C)OCCCN1CN(Cc2ccco2)n2cc(C(=O)NCc3ccc(F)cc3F)c(=O)c(O)c2C1=O. The third kappa shape index (κ3) is 5.86. The van der Waals surface area contributed by atoms with Crippen molar-refractivity contribution in [3.63, 3.8) is 0 Å². The minimum atomic E-state index is -1.05. The number of furan rings is 1. The van der Waals surface area contributed by atoms with Crippen molar-refractivity contribution in [3.05, 3.63) is 87.2 Å². The van der Waals surface area contributed by atoms with Gasteiger partial charge in [-0.1, -0.05) is 6.07 Å². The van der Waals surface area contributed by atoms with E-state index in [4.69, 9.17) is 9.15 Å². The molecule has 10 nitrogen and oxygen atoms in total. The van der Waals surface area contributed by atoms with Gasteiger partial charge in [-0.2, -0.15) is 0 Å². The van der Waals surface area contributed by atoms with E-state index in [-0.39, 0.29) is 37.1 Å². The molecule has 0 unspecified atom stereocenters. The highest BCUT2D eigenvalue weighted by atomic mass is 19.1. The lowest BCUT2D eigenvalue weighted by Crippen LogP contribution is -2.54. The van der Waals surface area contributed by atoms with Gasteiger partial charge in [0.25, 0.3) is 11.8 Å². The fourth-order valence-corrected chi connectivity index (χ4v) is 4.04. The van der Waals surface area contributed by atoms with Crippen molar-refractivity contribution in [1.82, 2.24) is 14.9 Å². The van der Waals surface area contributed by atoms with E-state index in [1.807, 2.05) is 13.8 Å². The van der Waals surface area contributed by atoms with E-state index in [1.165, 1.54) is 21.9 Å². The van der Waals surface area contributed by atoms with Gasteiger partial charge in [0.15, 0.2) is 11.4 Å². The molecule has 3 heterocycles. The molecule has 2 N–H and O–H groups in total. The van der Waals surface area contributed by atoms with Crippen LogP contribution in [-0.2, 0) is 17.8 Å². The summed E-state index contributed by atoms with van der Waals surface area (Å²) in [5, 5.41) is 14.8. The summed E-state index contributed by atoms with van der Waals surface area (Å²) in [6, 6.07) is 6.32. The number of fused-ring (bicyclic) bond motifs is 1. The number of hydrogen-bond donors (Lipinski definition) is 2. The second-order valence-electron chi connectivity index (χ2n) is 9.06. The molecule has 38 heavy (non-hydrogen) atoms. The van der Waals surface area contributed by atoms with Crippen LogP contribution in [0, 0.1) is 11.6 Å². The van der Waals surface area contributed by atoms with Gasteiger partial charge in [-0.25, -0.2) is 8.78 Å². The standard InChI is InChI=1S/C26H28F2N4O6/c1-16(2)37-10-4-8-30-15-31(13-19-5-3-9-38-19)32-14-20(23(33)24(34)22(32)26(30)36)25(35)29-12-17-6-7-18(27)11-21(17)28/h3,5-7,9,11,14,16,34H,4,8,10,12-13,15H2,1-2H3,(H,29,35). The van der Waals surface area contributed by atoms with Gasteiger partial charge in [-0.15, -0.1) is 0 Å². The van der Waals surface area contributed by atoms with Crippen LogP contribution in [0.3, 0.4) is 0 Å². The maximum absolute atomic E-state index is 14.0. The molecule has 1 aliphatic rings. The molecule has 3 aromatic rings. The first-order valence-corrected chi connectivity index (χ1v) is 12.0. The highest BCUT2D eigenvalue weighted by Crippen LogP contribution is 2.23. The molecule has 0 aliphatic carbocycles. The number of benzene rings is 1. The maximum Gasteiger partial charge on any atom is 0.277 e. The van der Waals surface area contributed by atoms with E-state index in [1.54, 1.807) is 17.1 Å². The van der Waals surface area contributed by atoms with Gasteiger partial charge >= 0.3 is 0 Å². The molecule has 0 bridgehead atoms. The van der Waals surface area contributed by atoms with Crippen LogP contribution in [0.2, 0.25) is 0 Å². The second kappa shape index (κ2) is 11.5. The third-order valence-corrected chi connectivity index (χ3v) is 5.93. The Morgan fingerprint density at radius 1 is 1.24 bits per heavy atom. The Hall–Kier alpha value is -4.19. The zero-order chi connectivity index (χ0) is 27.4. The number of carbonyl (C=O) groups is 2. The van der Waals surface area contributed by atoms with Crippen LogP contribution in [0.4, 0.5) is 8.78 Å². The molecule has 4 rings (SSSR count). The van der Waals surface area contributed by atoms with Crippen molar-refractivity contribution in [3.8, 4) is 5.75 Å². The van der Waals surface area contributed by atoms with Gasteiger partial charge < -0.3 is 24.5 Å². The summed E-state index contributed by atoms with van der Waals surface area (Å²) in [6.45, 7) is 4.46. The van der Waals surface area contributed by atoms with Gasteiger partial charge in [-0.3, -0.25) is 24.1 Å². The molecule has 202 valence electrons. The van der Waals surface area contributed by atoms with Crippen molar-refractivity contribution < 1.29 is 32.6 Å². The van der Waals surface area contributed by atoms with E-state index < -0.39 is 40.2 Å². The predicted octanol–water partition coefficient (Wildman–Crippen LogP) is 2.72. The first-order chi connectivity index (χ1) is 18.2. The molecule has 0 radical (unpaired) electrons. The quantitative estimate of drug-likeness (QED) is 0.387. The molecule has 1 aromatic carbocycles. The minimum Gasteiger partial charge on any atom is -0.502 e. The van der Waals surface area contributed by atoms with Gasteiger partial charge in [-0.05, 0) is 38.5 Å². The van der Waals surface area contributed by atoms with Crippen LogP contribution < -0.4 is 15.8 Å². The van der Waals surface area contributed by atoms with Gasteiger partial charge in [0.1, 0.15) is 29.6 Å². The lowest BCUT2D eigenvalue weighted by Gasteiger charge is -2.39. The Morgan fingerprint density at radius 3 is 2.71 bits per heavy atom. The summed E-state index contributed by atoms with van der Waals surface area (Å²) in [4.78, 5) is 40.6. The number of nitrogens with one attached hydrogen (secondary N) is 1. The first kappa shape index (κ1) is 26.9. The van der Waals surface area contributed by atoms with Crippen molar-refractivity contribution in [1.29, 1.82) is 0 Å². The van der Waals surface area contributed by atoms with Gasteiger partial charge in [0, 0.05) is 37.5 Å². The Bertz CT molecular complexity index is 1370. The molecule has 0 fully saturated rings. The van der Waals surface area contributed by atoms with Crippen molar-refractivity contribution in [2.75, 3.05) is 24.8 Å². The van der Waals surface area contributed by atoms with Gasteiger partial charge in [0.05, 0.1) is 18.9 Å². The van der Waals surface area contributed by atoms with Gasteiger partial charge in [0.2, 0.25) is 5.43 Å². The first-order valence-electron chi connectivity index (χ1n) is 12.0. The normalized spacial score (nSPS) is 13.2. The van der Waals surface area contributed by atoms with Crippen molar-refractivity contribution in [2.45, 2.75) is 39.5 Å². The largest absolute Gasteiger partial charge is 0.502 e. The summed E-state index contributed by atoms with van der Waals surface area (Å²) in [5.74, 6) is -3.45. The Morgan fingerprint density at radius 2 is 2.03 bits per heavy atom. The number of carbonyl (C=O) groups excluding carboxylic acids is 2. The smallest absolute Gasteiger partial charge is 0.277 e. The van der Waals surface area contributed by atoms with E-state index >= 15 is 0 Å². The number of aromatic nitrogens is 1. The highest BCUT2D eigenvalue weighted by molar-refractivity contribution is 5.99. The van der Waals surface area contributed by atoms with Crippen LogP contribution in [0.25, 0.3) is 0 Å². The molecule has 0 spiro atoms. The number of halogens is 2. The van der Waals surface area contributed by atoms with Crippen molar-refractivity contribution >= 4 is 11.8 Å². The zero-order valence-corrected chi connectivity index (χ0v) is 20.9. The summed E-state index contributed by atoms with van der Waals surface area (Å²) >= 11 is 0. The summed E-state index contributed by atoms with van der Waals surface area (Å²) in [7, 11) is 0. The number of rotatable bonds is 10. The van der Waals surface area contributed by atoms with Crippen LogP contribution in [-0.4, -0.2) is 52.4 Å². The van der Waals surface area contributed by atoms with Crippen molar-refractivity contribution in [2.24, 2.45) is 0 Å². The molecule has 1 aliphatic heterocycles. The van der Waals surface area contributed by atoms with Crippen LogP contribution >= 0.6 is 0 Å². The van der Waals surface area contributed by atoms with Crippen LogP contribution in [0.1, 0.15) is 52.4 Å². The number of nitrogens with zero attached hydrogens (tertiary/aromatic N) is 3. The summed E-state index contributed by atoms with van der Waals surface area (Å²) in [6.07, 6.45) is 3.22. The second-order valence-corrected chi connectivity index (χ2v) is 9.06. The Balaban J connectivity index is 1.62. The molecule has 2 amide bonds. The van der Waals surface area contributed by atoms with E-state index in [0.29, 0.717) is 31.4 Å². The number of amides is 2. The summed E-state index contributed by atoms with van der Waals surface area (Å²) in [5.41, 5.74) is -1.79. The molecular formula is C26H28F2N4O6. The van der Waals surface area contributed by atoms with E-state index in [9.17, 15) is 28.3 Å². The fraction of sp³-hybridized carbons (Fsp3) is 0.346. The lowest BCUT2D eigenvalue weighted by atomic mass is 10.1. The lowest BCUT2D eigenvalue weighted by molar-refractivity contribution is 0.0565. The molecule has 0 atom stereocenters. The topological polar surface area (TPSA) is 117 Å². The van der Waals surface area contributed by atoms with Crippen LogP contribution in [0.5, 0.6) is 5.75 Å². The number of aromatic hydroxyl groups is 1. The third-order valence-electron chi connectivity index (χ3n) is 5.93. The average molecular weight is 531 g/mol. The maximum atomic E-state index is 14.0. The number of pyridine rings is 1. The highest BCUT2D eigenvalue weighted by Gasteiger charge is 2.34. The Labute approximate surface area is 217 Å². The molecule has 12 heteroatoms. The van der Waals surface area contributed by atoms with E-state index in [0.717, 1.165) is 12.3 Å². The summed E-state index contributed by atoms with van der Waals surface area (Å²) < 4.78 is 39.4. The Kier molecular flexibility index (Phi) is 8.10. The van der Waals surface area contributed by atoms with Crippen LogP contribution in [0.15, 0.2) is 52.0 Å². The molecule has 0 saturated carbocycles. The molecule has 0 saturated heterocycles. The predicted molar refractivity (Wildman–Crippen MR) is 132 cm³/mol. The number of hydrogen-bond acceptors (Lipinski definition) is 7. The fourth-order valence-electron chi connectivity index (χ4n) is 4.04. The number of ether oxygens (including phenoxy) is 1. The molecular weight excluding hydrogens is 502 g/mol. The molecule has 2 aromatic heterocycles. The zero-order valence-electron chi connectivity index (χ0n) is 20.9.